The molecule has 2 aliphatic rings. The number of aromatic nitrogens is 1. The van der Waals surface area contributed by atoms with Gasteiger partial charge in [-0.05, 0) is 38.3 Å². The highest BCUT2D eigenvalue weighted by molar-refractivity contribution is 7.92. The SMILES string of the molecule is CCO[C@@H]1CC[C@@H](ON=C(C(=O)Nc2ncc(COC)s2)c2ccc(S(=O)(=O)[C@H]3CCOC3)cc2)C1. The number of benzene rings is 1. The van der Waals surface area contributed by atoms with Crippen molar-refractivity contribution in [3.05, 3.63) is 40.9 Å². The van der Waals surface area contributed by atoms with E-state index < -0.39 is 21.0 Å². The molecule has 4 rings (SSSR count). The van der Waals surface area contributed by atoms with Crippen LogP contribution in [0.3, 0.4) is 0 Å². The van der Waals surface area contributed by atoms with E-state index in [-0.39, 0.29) is 29.4 Å². The van der Waals surface area contributed by atoms with Crippen molar-refractivity contribution in [1.82, 2.24) is 4.98 Å². The van der Waals surface area contributed by atoms with E-state index in [1.165, 1.54) is 23.5 Å². The van der Waals surface area contributed by atoms with Crippen LogP contribution in [0.1, 0.15) is 43.0 Å². The van der Waals surface area contributed by atoms with Gasteiger partial charge >= 0.3 is 0 Å². The van der Waals surface area contributed by atoms with E-state index in [1.807, 2.05) is 6.92 Å². The lowest BCUT2D eigenvalue weighted by Crippen LogP contribution is -2.25. The summed E-state index contributed by atoms with van der Waals surface area (Å²) in [4.78, 5) is 24.2. The van der Waals surface area contributed by atoms with Gasteiger partial charge in [-0.15, -0.1) is 0 Å². The Labute approximate surface area is 214 Å². The number of nitrogens with one attached hydrogen (secondary N) is 1. The maximum atomic E-state index is 13.2. The lowest BCUT2D eigenvalue weighted by Gasteiger charge is -2.13. The van der Waals surface area contributed by atoms with Crippen LogP contribution in [-0.4, -0.2) is 69.4 Å². The highest BCUT2D eigenvalue weighted by Gasteiger charge is 2.31. The largest absolute Gasteiger partial charge is 0.392 e. The van der Waals surface area contributed by atoms with E-state index in [0.717, 1.165) is 17.7 Å². The third kappa shape index (κ3) is 6.48. The molecule has 1 aliphatic carbocycles. The molecule has 36 heavy (non-hydrogen) atoms. The first-order valence-corrected chi connectivity index (χ1v) is 14.3. The molecule has 10 nitrogen and oxygen atoms in total. The zero-order chi connectivity index (χ0) is 25.5. The van der Waals surface area contributed by atoms with Gasteiger partial charge in [0.15, 0.2) is 20.7 Å². The summed E-state index contributed by atoms with van der Waals surface area (Å²) >= 11 is 1.30. The molecule has 1 N–H and O–H groups in total. The molecular formula is C24H31N3O7S2. The van der Waals surface area contributed by atoms with Gasteiger partial charge in [-0.2, -0.15) is 0 Å². The Morgan fingerprint density at radius 2 is 2.00 bits per heavy atom. The number of amides is 1. The number of anilines is 1. The Hall–Kier alpha value is -2.38. The number of hydrogen-bond acceptors (Lipinski definition) is 10. The van der Waals surface area contributed by atoms with Crippen molar-refractivity contribution >= 4 is 37.9 Å². The molecule has 2 aromatic rings. The lowest BCUT2D eigenvalue weighted by atomic mass is 10.1. The number of carbonyl (C=O) groups excluding carboxylic acids is 1. The first-order chi connectivity index (χ1) is 17.4. The van der Waals surface area contributed by atoms with Crippen molar-refractivity contribution in [2.75, 3.05) is 32.2 Å². The first-order valence-electron chi connectivity index (χ1n) is 11.9. The predicted molar refractivity (Wildman–Crippen MR) is 135 cm³/mol. The molecule has 0 radical (unpaired) electrons. The highest BCUT2D eigenvalue weighted by Crippen LogP contribution is 2.26. The van der Waals surface area contributed by atoms with Crippen LogP contribution in [0.5, 0.6) is 0 Å². The number of carbonyl (C=O) groups is 1. The van der Waals surface area contributed by atoms with Crippen LogP contribution < -0.4 is 5.32 Å². The summed E-state index contributed by atoms with van der Waals surface area (Å²) in [6.07, 6.45) is 4.39. The standard InChI is InChI=1S/C24H31N3O7S2/c1-3-33-17-6-7-18(12-17)34-27-22(23(28)26-24-25-13-19(35-24)14-31-2)16-4-8-20(9-5-16)36(29,30)21-10-11-32-15-21/h4-5,8-9,13,17-18,21H,3,6-7,10-12,14-15H2,1-2H3,(H,25,26,28)/t17-,18-,21+/m1/s1. The fourth-order valence-electron chi connectivity index (χ4n) is 4.22. The molecule has 2 fully saturated rings. The van der Waals surface area contributed by atoms with Crippen LogP contribution in [0.4, 0.5) is 5.13 Å². The van der Waals surface area contributed by atoms with Gasteiger partial charge in [0.2, 0.25) is 0 Å². The van der Waals surface area contributed by atoms with Crippen molar-refractivity contribution in [3.63, 3.8) is 0 Å². The summed E-state index contributed by atoms with van der Waals surface area (Å²) in [5, 5.41) is 6.81. The molecule has 196 valence electrons. The van der Waals surface area contributed by atoms with Gasteiger partial charge < -0.3 is 19.0 Å². The quantitative estimate of drug-likeness (QED) is 0.342. The second-order valence-electron chi connectivity index (χ2n) is 8.63. The number of ether oxygens (including phenoxy) is 3. The average molecular weight is 538 g/mol. The minimum absolute atomic E-state index is 0.0338. The molecule has 1 aliphatic heterocycles. The highest BCUT2D eigenvalue weighted by atomic mass is 32.2. The van der Waals surface area contributed by atoms with Crippen LogP contribution in [-0.2, 0) is 40.3 Å². The van der Waals surface area contributed by atoms with Crippen LogP contribution in [0.15, 0.2) is 40.5 Å². The molecule has 0 unspecified atom stereocenters. The first kappa shape index (κ1) is 26.7. The topological polar surface area (TPSA) is 125 Å². The molecule has 12 heteroatoms. The molecule has 1 amide bonds. The van der Waals surface area contributed by atoms with Crippen molar-refractivity contribution in [2.24, 2.45) is 5.16 Å². The smallest absolute Gasteiger partial charge is 0.280 e. The third-order valence-corrected chi connectivity index (χ3v) is 9.16. The number of nitrogens with zero attached hydrogens (tertiary/aromatic N) is 2. The fourth-order valence-corrected chi connectivity index (χ4v) is 6.58. The van der Waals surface area contributed by atoms with E-state index in [4.69, 9.17) is 19.0 Å². The van der Waals surface area contributed by atoms with Gasteiger partial charge in [0, 0.05) is 38.5 Å². The van der Waals surface area contributed by atoms with E-state index in [0.29, 0.717) is 43.4 Å². The molecule has 1 saturated carbocycles. The van der Waals surface area contributed by atoms with Crippen LogP contribution >= 0.6 is 11.3 Å². The lowest BCUT2D eigenvalue weighted by molar-refractivity contribution is -0.110. The number of thiazole rings is 1. The second kappa shape index (κ2) is 12.2. The molecule has 1 saturated heterocycles. The Morgan fingerprint density at radius 1 is 1.22 bits per heavy atom. The molecule has 3 atom stereocenters. The summed E-state index contributed by atoms with van der Waals surface area (Å²) in [6, 6.07) is 6.12. The number of methoxy groups -OCH3 is 1. The van der Waals surface area contributed by atoms with E-state index in [9.17, 15) is 13.2 Å². The zero-order valence-electron chi connectivity index (χ0n) is 20.3. The van der Waals surface area contributed by atoms with Gasteiger partial charge in [-0.25, -0.2) is 13.4 Å². The third-order valence-electron chi connectivity index (χ3n) is 6.09. The Bertz CT molecular complexity index is 1160. The molecular weight excluding hydrogens is 506 g/mol. The number of hydrogen-bond donors (Lipinski definition) is 1. The number of oxime groups is 1. The van der Waals surface area contributed by atoms with Gasteiger partial charge in [-0.1, -0.05) is 28.6 Å². The number of sulfone groups is 1. The van der Waals surface area contributed by atoms with Crippen LogP contribution in [0.2, 0.25) is 0 Å². The maximum absolute atomic E-state index is 13.2. The van der Waals surface area contributed by atoms with Gasteiger partial charge in [-0.3, -0.25) is 10.1 Å². The van der Waals surface area contributed by atoms with Crippen LogP contribution in [0.25, 0.3) is 0 Å². The van der Waals surface area contributed by atoms with Gasteiger partial charge in [0.25, 0.3) is 5.91 Å². The summed E-state index contributed by atoms with van der Waals surface area (Å²) in [7, 11) is -1.93. The summed E-state index contributed by atoms with van der Waals surface area (Å²) in [5.41, 5.74) is 0.466. The minimum Gasteiger partial charge on any atom is -0.392 e. The second-order valence-corrected chi connectivity index (χ2v) is 12.0. The monoisotopic (exact) mass is 537 g/mol. The van der Waals surface area contributed by atoms with Crippen molar-refractivity contribution in [3.8, 4) is 0 Å². The fraction of sp³-hybridized carbons (Fsp3) is 0.542. The van der Waals surface area contributed by atoms with Gasteiger partial charge in [0.05, 0.1) is 34.3 Å². The summed E-state index contributed by atoms with van der Waals surface area (Å²) in [5.74, 6) is -0.507. The Balaban J connectivity index is 1.54. The van der Waals surface area contributed by atoms with E-state index in [2.05, 4.69) is 15.5 Å². The molecule has 1 aromatic heterocycles. The Morgan fingerprint density at radius 3 is 2.69 bits per heavy atom. The van der Waals surface area contributed by atoms with Crippen molar-refractivity contribution < 1.29 is 32.3 Å². The number of rotatable bonds is 11. The molecule has 1 aromatic carbocycles. The van der Waals surface area contributed by atoms with E-state index in [1.54, 1.807) is 25.4 Å². The summed E-state index contributed by atoms with van der Waals surface area (Å²) in [6.45, 7) is 3.60. The van der Waals surface area contributed by atoms with Crippen LogP contribution in [0, 0.1) is 0 Å². The van der Waals surface area contributed by atoms with Gasteiger partial charge in [0.1, 0.15) is 6.10 Å². The van der Waals surface area contributed by atoms with E-state index >= 15 is 0 Å². The maximum Gasteiger partial charge on any atom is 0.280 e. The molecule has 0 bridgehead atoms. The van der Waals surface area contributed by atoms with Crippen molar-refractivity contribution in [2.45, 2.75) is 61.6 Å². The molecule has 2 heterocycles. The predicted octanol–water partition coefficient (Wildman–Crippen LogP) is 3.17. The summed E-state index contributed by atoms with van der Waals surface area (Å²) < 4.78 is 41.8. The molecule has 0 spiro atoms. The normalized spacial score (nSPS) is 22.6. The average Bonchev–Trinajstić information content (AvgIpc) is 3.63. The zero-order valence-corrected chi connectivity index (χ0v) is 22.0. The minimum atomic E-state index is -3.52. The van der Waals surface area contributed by atoms with Crippen molar-refractivity contribution in [1.29, 1.82) is 0 Å². The Kier molecular flexibility index (Phi) is 9.07.